The molecule has 0 aliphatic carbocycles. The highest BCUT2D eigenvalue weighted by molar-refractivity contribution is 5.78. The van der Waals surface area contributed by atoms with Crippen LogP contribution in [0.15, 0.2) is 0 Å². The zero-order chi connectivity index (χ0) is 12.1. The van der Waals surface area contributed by atoms with Gasteiger partial charge in [0.05, 0.1) is 0 Å². The lowest BCUT2D eigenvalue weighted by Crippen LogP contribution is -2.41. The third-order valence-corrected chi connectivity index (χ3v) is 3.45. The number of hydrogen-bond donors (Lipinski definition) is 1. The van der Waals surface area contributed by atoms with Crippen molar-refractivity contribution in [3.05, 3.63) is 0 Å². The topological polar surface area (TPSA) is 63.4 Å². The average molecular weight is 226 g/mol. The summed E-state index contributed by atoms with van der Waals surface area (Å²) in [5, 5.41) is 0. The van der Waals surface area contributed by atoms with Crippen LogP contribution >= 0.6 is 0 Å². The van der Waals surface area contributed by atoms with Crippen LogP contribution in [0.25, 0.3) is 0 Å². The van der Waals surface area contributed by atoms with Crippen molar-refractivity contribution in [2.45, 2.75) is 39.5 Å². The van der Waals surface area contributed by atoms with Gasteiger partial charge in [-0.1, -0.05) is 13.8 Å². The molecule has 1 fully saturated rings. The van der Waals surface area contributed by atoms with Gasteiger partial charge in [0.2, 0.25) is 11.8 Å². The maximum absolute atomic E-state index is 11.9. The molecule has 1 aliphatic rings. The van der Waals surface area contributed by atoms with Crippen molar-refractivity contribution >= 4 is 11.8 Å². The van der Waals surface area contributed by atoms with E-state index in [0.29, 0.717) is 12.3 Å². The highest BCUT2D eigenvalue weighted by atomic mass is 16.2. The Morgan fingerprint density at radius 1 is 1.38 bits per heavy atom. The van der Waals surface area contributed by atoms with Gasteiger partial charge in [0, 0.05) is 25.4 Å². The summed E-state index contributed by atoms with van der Waals surface area (Å²) >= 11 is 0. The Labute approximate surface area is 97.2 Å². The molecule has 0 aromatic rings. The summed E-state index contributed by atoms with van der Waals surface area (Å²) in [4.78, 5) is 24.6. The number of carbonyl (C=O) groups excluding carboxylic acids is 2. The van der Waals surface area contributed by atoms with E-state index in [1.807, 2.05) is 18.7 Å². The van der Waals surface area contributed by atoms with Gasteiger partial charge in [0.25, 0.3) is 0 Å². The number of hydrogen-bond acceptors (Lipinski definition) is 2. The second kappa shape index (κ2) is 5.87. The van der Waals surface area contributed by atoms with Gasteiger partial charge in [-0.05, 0) is 25.2 Å². The predicted octanol–water partition coefficient (Wildman–Crippen LogP) is 1.15. The van der Waals surface area contributed by atoms with Crippen LogP contribution in [0.5, 0.6) is 0 Å². The number of carbonyl (C=O) groups is 2. The summed E-state index contributed by atoms with van der Waals surface area (Å²) in [6, 6.07) is 0. The molecule has 0 aromatic heterocycles. The van der Waals surface area contributed by atoms with E-state index in [1.165, 1.54) is 0 Å². The SMILES string of the molecule is CCC(C)C(=O)N1CCC(CC(N)=O)CC1. The zero-order valence-corrected chi connectivity index (χ0v) is 10.2. The number of amides is 2. The molecule has 4 heteroatoms. The summed E-state index contributed by atoms with van der Waals surface area (Å²) in [6.45, 7) is 5.56. The lowest BCUT2D eigenvalue weighted by atomic mass is 9.92. The minimum Gasteiger partial charge on any atom is -0.370 e. The first kappa shape index (κ1) is 13.0. The van der Waals surface area contributed by atoms with Crippen LogP contribution in [-0.2, 0) is 9.59 Å². The quantitative estimate of drug-likeness (QED) is 0.781. The molecule has 16 heavy (non-hydrogen) atoms. The molecule has 0 aromatic carbocycles. The van der Waals surface area contributed by atoms with Gasteiger partial charge in [0.15, 0.2) is 0 Å². The molecular weight excluding hydrogens is 204 g/mol. The third kappa shape index (κ3) is 3.51. The van der Waals surface area contributed by atoms with E-state index in [-0.39, 0.29) is 17.7 Å². The van der Waals surface area contributed by atoms with Gasteiger partial charge in [-0.15, -0.1) is 0 Å². The van der Waals surface area contributed by atoms with Crippen LogP contribution in [-0.4, -0.2) is 29.8 Å². The van der Waals surface area contributed by atoms with Crippen molar-refractivity contribution in [1.82, 2.24) is 4.90 Å². The van der Waals surface area contributed by atoms with Crippen molar-refractivity contribution < 1.29 is 9.59 Å². The Balaban J connectivity index is 2.37. The van der Waals surface area contributed by atoms with Crippen LogP contribution in [0.3, 0.4) is 0 Å². The fourth-order valence-electron chi connectivity index (χ4n) is 2.13. The van der Waals surface area contributed by atoms with Gasteiger partial charge in [-0.25, -0.2) is 0 Å². The number of nitrogens with two attached hydrogens (primary N) is 1. The van der Waals surface area contributed by atoms with Crippen LogP contribution in [0.1, 0.15) is 39.5 Å². The van der Waals surface area contributed by atoms with Crippen LogP contribution < -0.4 is 5.73 Å². The summed E-state index contributed by atoms with van der Waals surface area (Å²) in [6.07, 6.45) is 3.17. The maximum atomic E-state index is 11.9. The van der Waals surface area contributed by atoms with Crippen LogP contribution in [0.4, 0.5) is 0 Å². The molecule has 0 spiro atoms. The van der Waals surface area contributed by atoms with Crippen molar-refractivity contribution in [2.75, 3.05) is 13.1 Å². The van der Waals surface area contributed by atoms with Crippen LogP contribution in [0.2, 0.25) is 0 Å². The number of likely N-dealkylation sites (tertiary alicyclic amines) is 1. The fourth-order valence-corrected chi connectivity index (χ4v) is 2.13. The molecule has 2 N–H and O–H groups in total. The number of rotatable bonds is 4. The minimum absolute atomic E-state index is 0.118. The lowest BCUT2D eigenvalue weighted by molar-refractivity contribution is -0.136. The van der Waals surface area contributed by atoms with Crippen LogP contribution in [0, 0.1) is 11.8 Å². The highest BCUT2D eigenvalue weighted by Crippen LogP contribution is 2.21. The summed E-state index contributed by atoms with van der Waals surface area (Å²) in [5.74, 6) is 0.512. The van der Waals surface area contributed by atoms with Crippen molar-refractivity contribution in [1.29, 1.82) is 0 Å². The molecule has 1 atom stereocenters. The molecule has 0 radical (unpaired) electrons. The van der Waals surface area contributed by atoms with E-state index in [1.54, 1.807) is 0 Å². The van der Waals surface area contributed by atoms with E-state index in [0.717, 1.165) is 32.4 Å². The van der Waals surface area contributed by atoms with Gasteiger partial charge in [-0.3, -0.25) is 9.59 Å². The Morgan fingerprint density at radius 2 is 1.94 bits per heavy atom. The van der Waals surface area contributed by atoms with E-state index < -0.39 is 0 Å². The Bertz CT molecular complexity index is 258. The number of primary amides is 1. The van der Waals surface area contributed by atoms with Crippen molar-refractivity contribution in [2.24, 2.45) is 17.6 Å². The highest BCUT2D eigenvalue weighted by Gasteiger charge is 2.25. The molecule has 0 saturated carbocycles. The summed E-state index contributed by atoms with van der Waals surface area (Å²) in [5.41, 5.74) is 5.17. The Kier molecular flexibility index (Phi) is 4.77. The van der Waals surface area contributed by atoms with E-state index in [2.05, 4.69) is 0 Å². The number of piperidine rings is 1. The van der Waals surface area contributed by atoms with E-state index in [9.17, 15) is 9.59 Å². The predicted molar refractivity (Wildman–Crippen MR) is 62.6 cm³/mol. The summed E-state index contributed by atoms with van der Waals surface area (Å²) in [7, 11) is 0. The molecule has 1 heterocycles. The largest absolute Gasteiger partial charge is 0.370 e. The second-order valence-electron chi connectivity index (χ2n) is 4.75. The molecule has 0 bridgehead atoms. The zero-order valence-electron chi connectivity index (χ0n) is 10.2. The van der Waals surface area contributed by atoms with Gasteiger partial charge in [-0.2, -0.15) is 0 Å². The average Bonchev–Trinajstić information content (AvgIpc) is 2.27. The molecule has 1 aliphatic heterocycles. The van der Waals surface area contributed by atoms with E-state index >= 15 is 0 Å². The minimum atomic E-state index is -0.230. The normalized spacial score (nSPS) is 19.5. The smallest absolute Gasteiger partial charge is 0.225 e. The Morgan fingerprint density at radius 3 is 2.38 bits per heavy atom. The molecule has 1 saturated heterocycles. The third-order valence-electron chi connectivity index (χ3n) is 3.45. The summed E-state index contributed by atoms with van der Waals surface area (Å²) < 4.78 is 0. The second-order valence-corrected chi connectivity index (χ2v) is 4.75. The Hall–Kier alpha value is -1.06. The van der Waals surface area contributed by atoms with Crippen molar-refractivity contribution in [3.8, 4) is 0 Å². The molecular formula is C12H22N2O2. The molecule has 4 nitrogen and oxygen atoms in total. The maximum Gasteiger partial charge on any atom is 0.225 e. The van der Waals surface area contributed by atoms with Gasteiger partial charge in [0.1, 0.15) is 0 Å². The molecule has 1 unspecified atom stereocenters. The first-order valence-electron chi connectivity index (χ1n) is 6.11. The molecule has 1 rings (SSSR count). The monoisotopic (exact) mass is 226 g/mol. The molecule has 2 amide bonds. The van der Waals surface area contributed by atoms with Gasteiger partial charge >= 0.3 is 0 Å². The lowest BCUT2D eigenvalue weighted by Gasteiger charge is -2.33. The first-order valence-corrected chi connectivity index (χ1v) is 6.11. The standard InChI is InChI=1S/C12H22N2O2/c1-3-9(2)12(16)14-6-4-10(5-7-14)8-11(13)15/h9-10H,3-8H2,1-2H3,(H2,13,15). The van der Waals surface area contributed by atoms with Gasteiger partial charge < -0.3 is 10.6 Å². The molecule has 92 valence electrons. The van der Waals surface area contributed by atoms with Crippen molar-refractivity contribution in [3.63, 3.8) is 0 Å². The first-order chi connectivity index (χ1) is 7.54. The number of nitrogens with zero attached hydrogens (tertiary/aromatic N) is 1. The van der Waals surface area contributed by atoms with E-state index in [4.69, 9.17) is 5.73 Å². The fraction of sp³-hybridized carbons (Fsp3) is 0.833.